The van der Waals surface area contributed by atoms with Crippen molar-refractivity contribution >= 4 is 21.6 Å². The molecule has 3 nitrogen and oxygen atoms in total. The largest absolute Gasteiger partial charge is 0.464 e. The molecule has 0 saturated carbocycles. The van der Waals surface area contributed by atoms with Crippen LogP contribution < -0.4 is 4.74 Å². The SMILES string of the molecule is Fc1ccc(C2=NN3[C@@H](c4ccccc4)Oc4ccc(Br)cc4[C@@H]3C2)cc1. The van der Waals surface area contributed by atoms with E-state index in [1.54, 1.807) is 12.1 Å². The molecule has 5 rings (SSSR count). The maximum absolute atomic E-state index is 13.3. The molecular formula is C22H16BrFN2O. The summed E-state index contributed by atoms with van der Waals surface area (Å²) in [7, 11) is 0. The fourth-order valence-corrected chi connectivity index (χ4v) is 4.09. The number of hydrazone groups is 1. The standard InChI is InChI=1S/C22H16BrFN2O/c23-16-8-11-21-18(12-16)20-13-19(14-6-9-17(24)10-7-14)25-26(20)22(27-21)15-4-2-1-3-5-15/h1-12,20,22H,13H2/t20-,22+/m0/s1. The second-order valence-electron chi connectivity index (χ2n) is 6.72. The van der Waals surface area contributed by atoms with Crippen LogP contribution in [0.15, 0.2) is 82.4 Å². The highest BCUT2D eigenvalue weighted by atomic mass is 79.9. The normalized spacial score (nSPS) is 20.5. The number of nitrogens with zero attached hydrogens (tertiary/aromatic N) is 2. The van der Waals surface area contributed by atoms with E-state index in [1.165, 1.54) is 12.1 Å². The number of hydrogen-bond donors (Lipinski definition) is 0. The molecule has 3 aromatic rings. The second kappa shape index (κ2) is 6.50. The first-order valence-corrected chi connectivity index (χ1v) is 9.61. The lowest BCUT2D eigenvalue weighted by Gasteiger charge is -2.38. The Morgan fingerprint density at radius 3 is 2.56 bits per heavy atom. The van der Waals surface area contributed by atoms with E-state index >= 15 is 0 Å². The van der Waals surface area contributed by atoms with E-state index in [4.69, 9.17) is 9.84 Å². The van der Waals surface area contributed by atoms with Gasteiger partial charge in [-0.05, 0) is 35.9 Å². The van der Waals surface area contributed by atoms with Crippen LogP contribution in [-0.2, 0) is 0 Å². The quantitative estimate of drug-likeness (QED) is 0.518. The van der Waals surface area contributed by atoms with Crippen molar-refractivity contribution in [3.63, 3.8) is 0 Å². The Hall–Kier alpha value is -2.66. The summed E-state index contributed by atoms with van der Waals surface area (Å²) in [5.41, 5.74) is 4.05. The van der Waals surface area contributed by atoms with Crippen LogP contribution in [0.25, 0.3) is 0 Å². The summed E-state index contributed by atoms with van der Waals surface area (Å²) in [5.74, 6) is 0.638. The molecule has 3 aromatic carbocycles. The highest BCUT2D eigenvalue weighted by Crippen LogP contribution is 2.48. The first-order valence-electron chi connectivity index (χ1n) is 8.82. The summed E-state index contributed by atoms with van der Waals surface area (Å²) in [6, 6.07) is 22.8. The molecule has 2 aliphatic rings. The number of hydrogen-bond acceptors (Lipinski definition) is 3. The van der Waals surface area contributed by atoms with E-state index < -0.39 is 0 Å². The van der Waals surface area contributed by atoms with E-state index in [0.717, 1.165) is 39.0 Å². The number of ether oxygens (including phenoxy) is 1. The maximum atomic E-state index is 13.3. The Labute approximate surface area is 165 Å². The lowest BCUT2D eigenvalue weighted by molar-refractivity contribution is -0.0190. The van der Waals surface area contributed by atoms with Gasteiger partial charge < -0.3 is 4.74 Å². The Morgan fingerprint density at radius 1 is 1.00 bits per heavy atom. The van der Waals surface area contributed by atoms with Gasteiger partial charge in [-0.1, -0.05) is 58.4 Å². The van der Waals surface area contributed by atoms with Crippen LogP contribution in [0.2, 0.25) is 0 Å². The number of rotatable bonds is 2. The predicted molar refractivity (Wildman–Crippen MR) is 106 cm³/mol. The highest BCUT2D eigenvalue weighted by molar-refractivity contribution is 9.10. The third-order valence-electron chi connectivity index (χ3n) is 5.01. The van der Waals surface area contributed by atoms with Gasteiger partial charge >= 0.3 is 0 Å². The van der Waals surface area contributed by atoms with E-state index in [1.807, 2.05) is 35.3 Å². The Balaban J connectivity index is 1.60. The third-order valence-corrected chi connectivity index (χ3v) is 5.51. The zero-order valence-electron chi connectivity index (χ0n) is 14.3. The molecule has 0 bridgehead atoms. The van der Waals surface area contributed by atoms with Gasteiger partial charge in [-0.2, -0.15) is 5.10 Å². The van der Waals surface area contributed by atoms with Gasteiger partial charge in [-0.15, -0.1) is 0 Å². The van der Waals surface area contributed by atoms with Crippen molar-refractivity contribution in [3.05, 3.63) is 99.8 Å². The number of fused-ring (bicyclic) bond motifs is 3. The van der Waals surface area contributed by atoms with Gasteiger partial charge in [0.05, 0.1) is 11.8 Å². The monoisotopic (exact) mass is 422 g/mol. The molecule has 0 spiro atoms. The van der Waals surface area contributed by atoms with Crippen molar-refractivity contribution in [1.82, 2.24) is 5.01 Å². The number of benzene rings is 3. The van der Waals surface area contributed by atoms with Crippen molar-refractivity contribution in [2.75, 3.05) is 0 Å². The fourth-order valence-electron chi connectivity index (χ4n) is 3.71. The van der Waals surface area contributed by atoms with Crippen LogP contribution >= 0.6 is 15.9 Å². The van der Waals surface area contributed by atoms with Crippen LogP contribution in [0.5, 0.6) is 5.75 Å². The summed E-state index contributed by atoms with van der Waals surface area (Å²) in [5, 5.41) is 6.91. The van der Waals surface area contributed by atoms with Gasteiger partial charge in [0.1, 0.15) is 11.6 Å². The van der Waals surface area contributed by atoms with Gasteiger partial charge in [0.2, 0.25) is 6.23 Å². The first-order chi connectivity index (χ1) is 13.2. The molecule has 0 saturated heterocycles. The molecule has 134 valence electrons. The molecule has 0 aromatic heterocycles. The zero-order chi connectivity index (χ0) is 18.4. The van der Waals surface area contributed by atoms with Gasteiger partial charge in [-0.3, -0.25) is 0 Å². The van der Waals surface area contributed by atoms with Gasteiger partial charge in [0.25, 0.3) is 0 Å². The molecule has 0 aliphatic carbocycles. The van der Waals surface area contributed by atoms with Crippen molar-refractivity contribution < 1.29 is 9.13 Å². The lowest BCUT2D eigenvalue weighted by Crippen LogP contribution is -2.33. The molecule has 27 heavy (non-hydrogen) atoms. The Kier molecular flexibility index (Phi) is 3.97. The zero-order valence-corrected chi connectivity index (χ0v) is 15.9. The topological polar surface area (TPSA) is 24.8 Å². The minimum Gasteiger partial charge on any atom is -0.464 e. The van der Waals surface area contributed by atoms with Gasteiger partial charge in [-0.25, -0.2) is 9.40 Å². The average Bonchev–Trinajstić information content (AvgIpc) is 3.14. The average molecular weight is 423 g/mol. The van der Waals surface area contributed by atoms with Gasteiger partial charge in [0, 0.05) is 22.0 Å². The summed E-state index contributed by atoms with van der Waals surface area (Å²) in [4.78, 5) is 0. The lowest BCUT2D eigenvalue weighted by atomic mass is 9.96. The summed E-state index contributed by atoms with van der Waals surface area (Å²) in [6.07, 6.45) is 0.463. The first kappa shape index (κ1) is 16.5. The van der Waals surface area contributed by atoms with Crippen molar-refractivity contribution in [2.45, 2.75) is 18.7 Å². The molecule has 2 atom stereocenters. The predicted octanol–water partition coefficient (Wildman–Crippen LogP) is 5.83. The van der Waals surface area contributed by atoms with E-state index in [9.17, 15) is 4.39 Å². The van der Waals surface area contributed by atoms with Crippen LogP contribution in [-0.4, -0.2) is 10.7 Å². The summed E-state index contributed by atoms with van der Waals surface area (Å²) >= 11 is 3.56. The molecule has 2 aliphatic heterocycles. The summed E-state index contributed by atoms with van der Waals surface area (Å²) in [6.45, 7) is 0. The van der Waals surface area contributed by atoms with Crippen LogP contribution in [0.3, 0.4) is 0 Å². The molecule has 0 unspecified atom stereocenters. The molecule has 2 heterocycles. The molecule has 0 radical (unpaired) electrons. The Morgan fingerprint density at radius 2 is 1.78 bits per heavy atom. The number of halogens is 2. The van der Waals surface area contributed by atoms with Crippen LogP contribution in [0.1, 0.15) is 35.4 Å². The third kappa shape index (κ3) is 2.92. The highest BCUT2D eigenvalue weighted by Gasteiger charge is 2.40. The van der Waals surface area contributed by atoms with Gasteiger partial charge in [0.15, 0.2) is 0 Å². The van der Waals surface area contributed by atoms with Crippen molar-refractivity contribution in [3.8, 4) is 5.75 Å². The summed E-state index contributed by atoms with van der Waals surface area (Å²) < 4.78 is 20.7. The maximum Gasteiger partial charge on any atom is 0.213 e. The van der Waals surface area contributed by atoms with E-state index in [0.29, 0.717) is 0 Å². The van der Waals surface area contributed by atoms with Crippen molar-refractivity contribution in [1.29, 1.82) is 0 Å². The van der Waals surface area contributed by atoms with Crippen LogP contribution in [0.4, 0.5) is 4.39 Å². The minimum absolute atomic E-state index is 0.0801. The van der Waals surface area contributed by atoms with E-state index in [-0.39, 0.29) is 18.1 Å². The molecule has 0 fully saturated rings. The molecular weight excluding hydrogens is 407 g/mol. The molecule has 0 amide bonds. The molecule has 0 N–H and O–H groups in total. The molecule has 5 heteroatoms. The van der Waals surface area contributed by atoms with Crippen LogP contribution in [0, 0.1) is 5.82 Å². The van der Waals surface area contributed by atoms with E-state index in [2.05, 4.69) is 34.1 Å². The minimum atomic E-state index is -0.289. The smallest absolute Gasteiger partial charge is 0.213 e. The van der Waals surface area contributed by atoms with Crippen molar-refractivity contribution in [2.24, 2.45) is 5.10 Å². The second-order valence-corrected chi connectivity index (χ2v) is 7.63. The fraction of sp³-hybridized carbons (Fsp3) is 0.136. The Bertz CT molecular complexity index is 1020.